The van der Waals surface area contributed by atoms with E-state index in [-0.39, 0.29) is 7.69 Å². The summed E-state index contributed by atoms with van der Waals surface area (Å²) in [6, 6.07) is 12.3. The van der Waals surface area contributed by atoms with Crippen LogP contribution >= 0.6 is 0 Å². The summed E-state index contributed by atoms with van der Waals surface area (Å²) in [6.45, 7) is 8.23. The smallest absolute Gasteiger partial charge is 0.528 e. The lowest BCUT2D eigenvalue weighted by molar-refractivity contribution is 0.455. The quantitative estimate of drug-likeness (QED) is 0.775. The molecule has 0 radical (unpaired) electrons. The van der Waals surface area contributed by atoms with Crippen molar-refractivity contribution in [1.29, 1.82) is 0 Å². The van der Waals surface area contributed by atoms with Crippen molar-refractivity contribution in [2.45, 2.75) is 27.7 Å². The second-order valence-electron chi connectivity index (χ2n) is 4.94. The normalized spacial score (nSPS) is 10.1. The van der Waals surface area contributed by atoms with Gasteiger partial charge in [-0.25, -0.2) is 0 Å². The van der Waals surface area contributed by atoms with Crippen LogP contribution in [0.15, 0.2) is 36.4 Å². The Morgan fingerprint density at radius 3 is 1.47 bits per heavy atom. The van der Waals surface area contributed by atoms with Gasteiger partial charge in [-0.3, -0.25) is 0 Å². The van der Waals surface area contributed by atoms with Gasteiger partial charge in [-0.2, -0.15) is 0 Å². The molecule has 19 heavy (non-hydrogen) atoms. The van der Waals surface area contributed by atoms with E-state index >= 15 is 0 Å². The highest BCUT2D eigenvalue weighted by Gasteiger charge is 2.04. The molecule has 0 saturated carbocycles. The Bertz CT molecular complexity index is 527. The third-order valence-corrected chi connectivity index (χ3v) is 3.09. The summed E-state index contributed by atoms with van der Waals surface area (Å²) in [7, 11) is 0.230. The molecular formula is C16H19BO2. The maximum atomic E-state index is 5.66. The zero-order chi connectivity index (χ0) is 13.8. The molecule has 2 nitrogen and oxygen atoms in total. The average molecular weight is 254 g/mol. The van der Waals surface area contributed by atoms with Gasteiger partial charge in [0, 0.05) is 0 Å². The van der Waals surface area contributed by atoms with Crippen molar-refractivity contribution in [3.8, 4) is 11.5 Å². The largest absolute Gasteiger partial charge is 0.576 e. The van der Waals surface area contributed by atoms with Crippen LogP contribution < -0.4 is 9.31 Å². The molecule has 0 bridgehead atoms. The maximum Gasteiger partial charge on any atom is 0.576 e. The minimum Gasteiger partial charge on any atom is -0.528 e. The summed E-state index contributed by atoms with van der Waals surface area (Å²) in [5, 5.41) is 0. The molecular weight excluding hydrogens is 235 g/mol. The molecule has 0 aromatic heterocycles. The summed E-state index contributed by atoms with van der Waals surface area (Å²) in [5.74, 6) is 1.74. The monoisotopic (exact) mass is 254 g/mol. The number of hydrogen-bond donors (Lipinski definition) is 0. The highest BCUT2D eigenvalue weighted by molar-refractivity contribution is 6.20. The molecule has 0 unspecified atom stereocenters. The minimum atomic E-state index is 0.230. The average Bonchev–Trinajstić information content (AvgIpc) is 2.34. The lowest BCUT2D eigenvalue weighted by Crippen LogP contribution is -2.12. The van der Waals surface area contributed by atoms with E-state index in [4.69, 9.17) is 9.31 Å². The van der Waals surface area contributed by atoms with Crippen molar-refractivity contribution in [1.82, 2.24) is 0 Å². The van der Waals surface area contributed by atoms with Gasteiger partial charge in [0.2, 0.25) is 0 Å². The lowest BCUT2D eigenvalue weighted by atomic mass is 10.1. The van der Waals surface area contributed by atoms with Crippen LogP contribution in [0, 0.1) is 27.7 Å². The zero-order valence-corrected chi connectivity index (χ0v) is 12.0. The molecule has 0 N–H and O–H groups in total. The van der Waals surface area contributed by atoms with Gasteiger partial charge in [0.05, 0.1) is 0 Å². The third kappa shape index (κ3) is 3.54. The van der Waals surface area contributed by atoms with Crippen molar-refractivity contribution in [2.24, 2.45) is 0 Å². The molecule has 0 saturated heterocycles. The fourth-order valence-electron chi connectivity index (χ4n) is 2.08. The Labute approximate surface area is 115 Å². The fraction of sp³-hybridized carbons (Fsp3) is 0.250. The summed E-state index contributed by atoms with van der Waals surface area (Å²) >= 11 is 0. The number of benzene rings is 2. The van der Waals surface area contributed by atoms with E-state index in [1.165, 1.54) is 11.1 Å². The van der Waals surface area contributed by atoms with Crippen molar-refractivity contribution >= 4 is 7.69 Å². The summed E-state index contributed by atoms with van der Waals surface area (Å²) in [5.41, 5.74) is 4.73. The minimum absolute atomic E-state index is 0.230. The van der Waals surface area contributed by atoms with Gasteiger partial charge in [0.15, 0.2) is 0 Å². The van der Waals surface area contributed by atoms with Crippen LogP contribution in [0.1, 0.15) is 22.3 Å². The van der Waals surface area contributed by atoms with Crippen molar-refractivity contribution in [3.05, 3.63) is 58.7 Å². The molecule has 2 aromatic rings. The molecule has 2 aromatic carbocycles. The Kier molecular flexibility index (Phi) is 4.15. The highest BCUT2D eigenvalue weighted by Crippen LogP contribution is 2.20. The molecule has 0 aliphatic carbocycles. The predicted molar refractivity (Wildman–Crippen MR) is 80.2 cm³/mol. The standard InChI is InChI=1S/C16H19BO2/c1-11-5-7-15(13(3)9-11)18-17-19-16-8-6-12(2)10-14(16)4/h5-10,17H,1-4H3. The van der Waals surface area contributed by atoms with Crippen LogP contribution in [0.2, 0.25) is 0 Å². The molecule has 0 heterocycles. The first-order valence-corrected chi connectivity index (χ1v) is 6.46. The van der Waals surface area contributed by atoms with Crippen LogP contribution in [-0.4, -0.2) is 7.69 Å². The van der Waals surface area contributed by atoms with Crippen LogP contribution in [-0.2, 0) is 0 Å². The summed E-state index contributed by atoms with van der Waals surface area (Å²) < 4.78 is 11.3. The van der Waals surface area contributed by atoms with Crippen LogP contribution in [0.5, 0.6) is 11.5 Å². The molecule has 2 rings (SSSR count). The van der Waals surface area contributed by atoms with Crippen molar-refractivity contribution < 1.29 is 9.31 Å². The second kappa shape index (κ2) is 5.83. The Hall–Kier alpha value is -1.90. The van der Waals surface area contributed by atoms with Gasteiger partial charge in [0.25, 0.3) is 0 Å². The number of hydrogen-bond acceptors (Lipinski definition) is 2. The first-order chi connectivity index (χ1) is 9.06. The second-order valence-corrected chi connectivity index (χ2v) is 4.94. The fourth-order valence-corrected chi connectivity index (χ4v) is 2.08. The number of rotatable bonds is 4. The Morgan fingerprint density at radius 1 is 0.684 bits per heavy atom. The van der Waals surface area contributed by atoms with Gasteiger partial charge in [-0.15, -0.1) is 0 Å². The van der Waals surface area contributed by atoms with E-state index in [0.29, 0.717) is 0 Å². The van der Waals surface area contributed by atoms with Crippen LogP contribution in [0.3, 0.4) is 0 Å². The molecule has 0 aliphatic heterocycles. The Balaban J connectivity index is 1.96. The topological polar surface area (TPSA) is 18.5 Å². The molecule has 0 aliphatic rings. The van der Waals surface area contributed by atoms with E-state index in [1.807, 2.05) is 38.1 Å². The van der Waals surface area contributed by atoms with E-state index in [0.717, 1.165) is 22.6 Å². The summed E-state index contributed by atoms with van der Waals surface area (Å²) in [6.07, 6.45) is 0. The van der Waals surface area contributed by atoms with Crippen LogP contribution in [0.4, 0.5) is 0 Å². The lowest BCUT2D eigenvalue weighted by Gasteiger charge is -2.12. The first kappa shape index (κ1) is 13.5. The van der Waals surface area contributed by atoms with Gasteiger partial charge in [-0.05, 0) is 51.0 Å². The Morgan fingerprint density at radius 2 is 1.11 bits per heavy atom. The molecule has 0 amide bonds. The highest BCUT2D eigenvalue weighted by atomic mass is 16.6. The van der Waals surface area contributed by atoms with Crippen molar-refractivity contribution in [3.63, 3.8) is 0 Å². The van der Waals surface area contributed by atoms with Gasteiger partial charge in [0.1, 0.15) is 11.5 Å². The van der Waals surface area contributed by atoms with Crippen molar-refractivity contribution in [2.75, 3.05) is 0 Å². The van der Waals surface area contributed by atoms with Gasteiger partial charge < -0.3 is 9.31 Å². The van der Waals surface area contributed by atoms with Crippen LogP contribution in [0.25, 0.3) is 0 Å². The third-order valence-electron chi connectivity index (χ3n) is 3.09. The molecule has 0 atom stereocenters. The van der Waals surface area contributed by atoms with E-state index in [9.17, 15) is 0 Å². The molecule has 98 valence electrons. The van der Waals surface area contributed by atoms with Gasteiger partial charge in [-0.1, -0.05) is 35.4 Å². The number of aryl methyl sites for hydroxylation is 4. The molecule has 0 fully saturated rings. The maximum absolute atomic E-state index is 5.66. The van der Waals surface area contributed by atoms with E-state index in [2.05, 4.69) is 26.0 Å². The predicted octanol–water partition coefficient (Wildman–Crippen LogP) is 3.64. The first-order valence-electron chi connectivity index (χ1n) is 6.46. The summed E-state index contributed by atoms with van der Waals surface area (Å²) in [4.78, 5) is 0. The molecule has 3 heteroatoms. The van der Waals surface area contributed by atoms with E-state index < -0.39 is 0 Å². The molecule has 0 spiro atoms. The zero-order valence-electron chi connectivity index (χ0n) is 12.0. The van der Waals surface area contributed by atoms with Gasteiger partial charge >= 0.3 is 7.69 Å². The SMILES string of the molecule is Cc1ccc(OBOc2ccc(C)cc2C)c(C)c1. The van der Waals surface area contributed by atoms with E-state index in [1.54, 1.807) is 0 Å².